The molecule has 0 aromatic carbocycles. The molecule has 1 atom stereocenters. The van der Waals surface area contributed by atoms with E-state index in [2.05, 4.69) is 10.00 Å². The second-order valence-electron chi connectivity index (χ2n) is 4.70. The molecule has 1 aliphatic rings. The summed E-state index contributed by atoms with van der Waals surface area (Å²) >= 11 is 0. The first kappa shape index (κ1) is 12.1. The van der Waals surface area contributed by atoms with Gasteiger partial charge in [-0.15, -0.1) is 0 Å². The normalized spacial score (nSPS) is 22.3. The number of carboxylic acids is 1. The van der Waals surface area contributed by atoms with Gasteiger partial charge in [0.25, 0.3) is 0 Å². The van der Waals surface area contributed by atoms with Crippen LogP contribution in [0.5, 0.6) is 0 Å². The summed E-state index contributed by atoms with van der Waals surface area (Å²) in [4.78, 5) is 13.3. The highest BCUT2D eigenvalue weighted by Gasteiger charge is 2.27. The second-order valence-corrected chi connectivity index (χ2v) is 4.70. The van der Waals surface area contributed by atoms with Crippen molar-refractivity contribution in [3.63, 3.8) is 0 Å². The maximum Gasteiger partial charge on any atom is 0.320 e. The van der Waals surface area contributed by atoms with E-state index in [4.69, 9.17) is 0 Å². The number of hydrogen-bond acceptors (Lipinski definition) is 3. The molecule has 1 aliphatic heterocycles. The second kappa shape index (κ2) is 5.31. The lowest BCUT2D eigenvalue weighted by Gasteiger charge is -2.25. The molecule has 0 amide bonds. The number of aromatic nitrogens is 2. The van der Waals surface area contributed by atoms with Gasteiger partial charge in [0.1, 0.15) is 6.04 Å². The summed E-state index contributed by atoms with van der Waals surface area (Å²) in [5.41, 5.74) is 1.08. The molecule has 1 aromatic heterocycles. The van der Waals surface area contributed by atoms with Crippen LogP contribution < -0.4 is 0 Å². The average Bonchev–Trinajstić information content (AvgIpc) is 2.55. The summed E-state index contributed by atoms with van der Waals surface area (Å²) in [7, 11) is 1.88. The fourth-order valence-electron chi connectivity index (χ4n) is 2.42. The summed E-state index contributed by atoms with van der Waals surface area (Å²) in [5.74, 6) is -0.698. The summed E-state index contributed by atoms with van der Waals surface area (Å²) in [6.07, 6.45) is 7.75. The van der Waals surface area contributed by atoms with Crippen molar-refractivity contribution in [1.82, 2.24) is 14.7 Å². The highest BCUT2D eigenvalue weighted by molar-refractivity contribution is 5.73. The SMILES string of the molecule is Cn1cc(CN2CCCCCC2C(=O)O)cn1. The number of likely N-dealkylation sites (tertiary alicyclic amines) is 1. The Morgan fingerprint density at radius 2 is 2.35 bits per heavy atom. The van der Waals surface area contributed by atoms with Crippen LogP contribution >= 0.6 is 0 Å². The number of nitrogens with zero attached hydrogens (tertiary/aromatic N) is 3. The molecule has 5 heteroatoms. The third kappa shape index (κ3) is 3.06. The molecule has 1 N–H and O–H groups in total. The minimum Gasteiger partial charge on any atom is -0.480 e. The van der Waals surface area contributed by atoms with E-state index in [1.807, 2.05) is 19.4 Å². The van der Waals surface area contributed by atoms with Crippen LogP contribution in [0.3, 0.4) is 0 Å². The number of aryl methyl sites for hydroxylation is 1. The fourth-order valence-corrected chi connectivity index (χ4v) is 2.42. The van der Waals surface area contributed by atoms with E-state index in [9.17, 15) is 9.90 Å². The highest BCUT2D eigenvalue weighted by atomic mass is 16.4. The minimum absolute atomic E-state index is 0.335. The molecule has 0 spiro atoms. The average molecular weight is 237 g/mol. The van der Waals surface area contributed by atoms with Crippen molar-refractivity contribution < 1.29 is 9.90 Å². The lowest BCUT2D eigenvalue weighted by Crippen LogP contribution is -2.40. The van der Waals surface area contributed by atoms with Gasteiger partial charge in [0, 0.05) is 25.4 Å². The number of aliphatic carboxylic acids is 1. The molecule has 0 aliphatic carbocycles. The van der Waals surface area contributed by atoms with Crippen molar-refractivity contribution in [2.24, 2.45) is 7.05 Å². The van der Waals surface area contributed by atoms with Crippen molar-refractivity contribution in [1.29, 1.82) is 0 Å². The molecular formula is C12H19N3O2. The molecule has 1 saturated heterocycles. The number of hydrogen-bond donors (Lipinski definition) is 1. The third-order valence-corrected chi connectivity index (χ3v) is 3.29. The molecular weight excluding hydrogens is 218 g/mol. The van der Waals surface area contributed by atoms with Gasteiger partial charge in [-0.2, -0.15) is 5.10 Å². The Morgan fingerprint density at radius 1 is 1.53 bits per heavy atom. The Kier molecular flexibility index (Phi) is 3.78. The Balaban J connectivity index is 2.07. The molecule has 1 aromatic rings. The van der Waals surface area contributed by atoms with Crippen molar-refractivity contribution >= 4 is 5.97 Å². The van der Waals surface area contributed by atoms with E-state index in [0.717, 1.165) is 37.8 Å². The Labute approximate surface area is 101 Å². The summed E-state index contributed by atoms with van der Waals surface area (Å²) in [5, 5.41) is 13.4. The van der Waals surface area contributed by atoms with E-state index in [0.29, 0.717) is 6.54 Å². The van der Waals surface area contributed by atoms with E-state index in [-0.39, 0.29) is 6.04 Å². The van der Waals surface area contributed by atoms with Crippen molar-refractivity contribution in [2.45, 2.75) is 38.3 Å². The van der Waals surface area contributed by atoms with Gasteiger partial charge in [-0.1, -0.05) is 12.8 Å². The van der Waals surface area contributed by atoms with Gasteiger partial charge in [-0.05, 0) is 19.4 Å². The molecule has 5 nitrogen and oxygen atoms in total. The van der Waals surface area contributed by atoms with E-state index < -0.39 is 5.97 Å². The molecule has 1 unspecified atom stereocenters. The Hall–Kier alpha value is -1.36. The minimum atomic E-state index is -0.698. The molecule has 2 heterocycles. The topological polar surface area (TPSA) is 58.4 Å². The van der Waals surface area contributed by atoms with Gasteiger partial charge < -0.3 is 5.11 Å². The van der Waals surface area contributed by atoms with Gasteiger partial charge >= 0.3 is 5.97 Å². The van der Waals surface area contributed by atoms with Crippen LogP contribution in [0.25, 0.3) is 0 Å². The molecule has 2 rings (SSSR count). The third-order valence-electron chi connectivity index (χ3n) is 3.29. The van der Waals surface area contributed by atoms with Crippen LogP contribution in [-0.2, 0) is 18.4 Å². The van der Waals surface area contributed by atoms with E-state index in [1.165, 1.54) is 0 Å². The van der Waals surface area contributed by atoms with Crippen molar-refractivity contribution in [3.8, 4) is 0 Å². The summed E-state index contributed by atoms with van der Waals surface area (Å²) in [6, 6.07) is -0.335. The first-order chi connectivity index (χ1) is 8.16. The molecule has 0 saturated carbocycles. The van der Waals surface area contributed by atoms with Crippen LogP contribution in [-0.4, -0.2) is 38.3 Å². The predicted octanol–water partition coefficient (Wildman–Crippen LogP) is 1.25. The van der Waals surface area contributed by atoms with Crippen LogP contribution in [0, 0.1) is 0 Å². The zero-order chi connectivity index (χ0) is 12.3. The van der Waals surface area contributed by atoms with Crippen LogP contribution in [0.2, 0.25) is 0 Å². The molecule has 0 bridgehead atoms. The maximum atomic E-state index is 11.3. The number of carboxylic acid groups (broad SMARTS) is 1. The first-order valence-corrected chi connectivity index (χ1v) is 6.11. The van der Waals surface area contributed by atoms with Gasteiger partial charge in [0.15, 0.2) is 0 Å². The van der Waals surface area contributed by atoms with Crippen LogP contribution in [0.15, 0.2) is 12.4 Å². The zero-order valence-electron chi connectivity index (χ0n) is 10.2. The van der Waals surface area contributed by atoms with Gasteiger partial charge in [0.2, 0.25) is 0 Å². The summed E-state index contributed by atoms with van der Waals surface area (Å²) < 4.78 is 1.75. The van der Waals surface area contributed by atoms with Crippen LogP contribution in [0.4, 0.5) is 0 Å². The molecule has 94 valence electrons. The highest BCUT2D eigenvalue weighted by Crippen LogP contribution is 2.19. The molecule has 0 radical (unpaired) electrons. The van der Waals surface area contributed by atoms with Gasteiger partial charge in [0.05, 0.1) is 6.20 Å². The summed E-state index contributed by atoms with van der Waals surface area (Å²) in [6.45, 7) is 1.55. The fraction of sp³-hybridized carbons (Fsp3) is 0.667. The van der Waals surface area contributed by atoms with E-state index in [1.54, 1.807) is 4.68 Å². The standard InChI is InChI=1S/C12H19N3O2/c1-14-8-10(7-13-14)9-15-6-4-2-3-5-11(15)12(16)17/h7-8,11H,2-6,9H2,1H3,(H,16,17). The predicted molar refractivity (Wildman–Crippen MR) is 63.5 cm³/mol. The number of rotatable bonds is 3. The van der Waals surface area contributed by atoms with Gasteiger partial charge in [-0.25, -0.2) is 0 Å². The quantitative estimate of drug-likeness (QED) is 0.859. The van der Waals surface area contributed by atoms with E-state index >= 15 is 0 Å². The Morgan fingerprint density at radius 3 is 3.00 bits per heavy atom. The first-order valence-electron chi connectivity index (χ1n) is 6.11. The number of carbonyl (C=O) groups is 1. The van der Waals surface area contributed by atoms with Crippen LogP contribution in [0.1, 0.15) is 31.2 Å². The lowest BCUT2D eigenvalue weighted by molar-refractivity contribution is -0.143. The van der Waals surface area contributed by atoms with Crippen molar-refractivity contribution in [3.05, 3.63) is 18.0 Å². The monoisotopic (exact) mass is 237 g/mol. The van der Waals surface area contributed by atoms with Crippen molar-refractivity contribution in [2.75, 3.05) is 6.54 Å². The lowest BCUT2D eigenvalue weighted by atomic mass is 10.1. The Bertz CT molecular complexity index is 389. The maximum absolute atomic E-state index is 11.3. The smallest absolute Gasteiger partial charge is 0.320 e. The molecule has 17 heavy (non-hydrogen) atoms. The zero-order valence-corrected chi connectivity index (χ0v) is 10.2. The molecule has 1 fully saturated rings. The van der Waals surface area contributed by atoms with Gasteiger partial charge in [-0.3, -0.25) is 14.4 Å². The largest absolute Gasteiger partial charge is 0.480 e.